The summed E-state index contributed by atoms with van der Waals surface area (Å²) in [4.78, 5) is 46.9. The second kappa shape index (κ2) is 12.1. The lowest BCUT2D eigenvalue weighted by atomic mass is 10.1. The van der Waals surface area contributed by atoms with E-state index in [1.807, 2.05) is 13.0 Å². The Labute approximate surface area is 212 Å². The van der Waals surface area contributed by atoms with Crippen LogP contribution in [-0.4, -0.2) is 57.1 Å². The molecule has 2 heterocycles. The molecule has 0 aliphatic heterocycles. The van der Waals surface area contributed by atoms with Gasteiger partial charge in [0.1, 0.15) is 11.8 Å². The summed E-state index contributed by atoms with van der Waals surface area (Å²) in [6.45, 7) is 5.49. The molecule has 36 heavy (non-hydrogen) atoms. The van der Waals surface area contributed by atoms with E-state index in [0.717, 1.165) is 23.3 Å². The highest BCUT2D eigenvalue weighted by Gasteiger charge is 2.25. The van der Waals surface area contributed by atoms with Crippen molar-refractivity contribution in [3.63, 3.8) is 0 Å². The summed E-state index contributed by atoms with van der Waals surface area (Å²) in [7, 11) is 0. The van der Waals surface area contributed by atoms with Crippen LogP contribution in [0.4, 0.5) is 5.95 Å². The maximum atomic E-state index is 12.9. The number of anilines is 1. The summed E-state index contributed by atoms with van der Waals surface area (Å²) >= 11 is 1.30. The first kappa shape index (κ1) is 26.6. The highest BCUT2D eigenvalue weighted by molar-refractivity contribution is 7.13. The van der Waals surface area contributed by atoms with Gasteiger partial charge in [0, 0.05) is 18.0 Å². The lowest BCUT2D eigenvalue weighted by molar-refractivity contribution is -0.139. The average Bonchev–Trinajstić information content (AvgIpc) is 3.25. The molecule has 1 atom stereocenters. The van der Waals surface area contributed by atoms with E-state index in [0.29, 0.717) is 28.8 Å². The number of amides is 2. The normalized spacial score (nSPS) is 11.5. The molecule has 0 radical (unpaired) electrons. The molecule has 3 rings (SSSR count). The van der Waals surface area contributed by atoms with Crippen LogP contribution < -0.4 is 16.0 Å². The van der Waals surface area contributed by atoms with E-state index in [1.165, 1.54) is 11.3 Å². The molecule has 0 bridgehead atoms. The number of nitrogens with one attached hydrogen (secondary N) is 3. The van der Waals surface area contributed by atoms with E-state index in [2.05, 4.69) is 25.9 Å². The van der Waals surface area contributed by atoms with Crippen molar-refractivity contribution < 1.29 is 24.6 Å². The first-order valence-electron chi connectivity index (χ1n) is 11.4. The van der Waals surface area contributed by atoms with Gasteiger partial charge in [-0.15, -0.1) is 11.3 Å². The predicted molar refractivity (Wildman–Crippen MR) is 137 cm³/mol. The number of carboxylic acid groups (broad SMARTS) is 1. The molecule has 0 saturated heterocycles. The number of carbonyl (C=O) groups excluding carboxylic acids is 2. The van der Waals surface area contributed by atoms with Crippen LogP contribution >= 0.6 is 11.3 Å². The van der Waals surface area contributed by atoms with Gasteiger partial charge >= 0.3 is 5.97 Å². The van der Waals surface area contributed by atoms with E-state index in [4.69, 9.17) is 0 Å². The molecule has 2 aromatic heterocycles. The second-order valence-electron chi connectivity index (χ2n) is 8.28. The number of hydrogen-bond donors (Lipinski definition) is 5. The minimum absolute atomic E-state index is 0.187. The zero-order valence-corrected chi connectivity index (χ0v) is 21.1. The van der Waals surface area contributed by atoms with Crippen LogP contribution in [0.3, 0.4) is 0 Å². The molecular weight excluding hydrogens is 482 g/mol. The van der Waals surface area contributed by atoms with Crippen molar-refractivity contribution in [1.29, 1.82) is 0 Å². The number of benzene rings is 1. The zero-order valence-electron chi connectivity index (χ0n) is 20.3. The van der Waals surface area contributed by atoms with Gasteiger partial charge in [-0.2, -0.15) is 0 Å². The van der Waals surface area contributed by atoms with E-state index < -0.39 is 23.8 Å². The van der Waals surface area contributed by atoms with Gasteiger partial charge in [-0.25, -0.2) is 14.8 Å². The number of phenols is 1. The van der Waals surface area contributed by atoms with Gasteiger partial charge < -0.3 is 26.2 Å². The molecule has 11 heteroatoms. The molecule has 3 aromatic rings. The number of aromatic nitrogens is 2. The fourth-order valence-electron chi connectivity index (χ4n) is 3.60. The molecule has 1 unspecified atom stereocenters. The van der Waals surface area contributed by atoms with Crippen LogP contribution in [0.25, 0.3) is 0 Å². The van der Waals surface area contributed by atoms with E-state index in [1.54, 1.807) is 44.2 Å². The Morgan fingerprint density at radius 1 is 1.03 bits per heavy atom. The van der Waals surface area contributed by atoms with Crippen molar-refractivity contribution in [2.24, 2.45) is 0 Å². The number of thiophene rings is 1. The molecule has 10 nitrogen and oxygen atoms in total. The highest BCUT2D eigenvalue weighted by atomic mass is 32.1. The molecule has 1 aromatic carbocycles. The van der Waals surface area contributed by atoms with Gasteiger partial charge in [0.25, 0.3) is 11.8 Å². The largest absolute Gasteiger partial charge is 0.508 e. The standard InChI is InChI=1S/C25H29N5O5S/c1-14-9-10-20(36-14)22(32)27-13-19(24(34)35)30-23(33)21-15(2)28-25(29-16(21)3)26-11-5-7-17-6-4-8-18(31)12-17/h4,6,8-10,12,19,31H,5,7,11,13H2,1-3H3,(H,27,32)(H,30,33)(H,34,35)(H,26,28,29). The molecule has 0 aliphatic carbocycles. The van der Waals surface area contributed by atoms with E-state index in [9.17, 15) is 24.6 Å². The monoisotopic (exact) mass is 511 g/mol. The highest BCUT2D eigenvalue weighted by Crippen LogP contribution is 2.16. The van der Waals surface area contributed by atoms with Gasteiger partial charge in [0.15, 0.2) is 0 Å². The quantitative estimate of drug-likeness (QED) is 0.246. The van der Waals surface area contributed by atoms with Crippen molar-refractivity contribution in [1.82, 2.24) is 20.6 Å². The number of aryl methyl sites for hydroxylation is 4. The fourth-order valence-corrected chi connectivity index (χ4v) is 4.38. The van der Waals surface area contributed by atoms with Crippen molar-refractivity contribution in [2.75, 3.05) is 18.4 Å². The van der Waals surface area contributed by atoms with Crippen LogP contribution in [0.2, 0.25) is 0 Å². The first-order valence-corrected chi connectivity index (χ1v) is 12.2. The SMILES string of the molecule is Cc1ccc(C(=O)NCC(NC(=O)c2c(C)nc(NCCCc3cccc(O)c3)nc2C)C(=O)O)s1. The Hall–Kier alpha value is -3.99. The minimum Gasteiger partial charge on any atom is -0.508 e. The van der Waals surface area contributed by atoms with Gasteiger partial charge in [-0.05, 0) is 63.4 Å². The molecule has 0 aliphatic rings. The number of nitrogens with zero attached hydrogens (tertiary/aromatic N) is 2. The Bertz CT molecular complexity index is 1240. The number of aliphatic carboxylic acids is 1. The van der Waals surface area contributed by atoms with E-state index in [-0.39, 0.29) is 17.9 Å². The van der Waals surface area contributed by atoms with Crippen LogP contribution in [-0.2, 0) is 11.2 Å². The molecule has 0 fully saturated rings. The smallest absolute Gasteiger partial charge is 0.328 e. The van der Waals surface area contributed by atoms with Crippen LogP contribution in [0.5, 0.6) is 5.75 Å². The predicted octanol–water partition coefficient (Wildman–Crippen LogP) is 2.83. The van der Waals surface area contributed by atoms with Crippen molar-refractivity contribution >= 4 is 35.1 Å². The molecule has 190 valence electrons. The van der Waals surface area contributed by atoms with Gasteiger partial charge in [-0.3, -0.25) is 9.59 Å². The molecular formula is C25H29N5O5S. The van der Waals surface area contributed by atoms with Gasteiger partial charge in [0.2, 0.25) is 5.95 Å². The number of rotatable bonds is 11. The topological polar surface area (TPSA) is 154 Å². The molecule has 2 amide bonds. The van der Waals surface area contributed by atoms with Gasteiger partial charge in [-0.1, -0.05) is 12.1 Å². The third kappa shape index (κ3) is 7.25. The lowest BCUT2D eigenvalue weighted by Crippen LogP contribution is -2.48. The number of carboxylic acids is 1. The Morgan fingerprint density at radius 3 is 2.36 bits per heavy atom. The number of hydrogen-bond acceptors (Lipinski definition) is 8. The number of carbonyl (C=O) groups is 3. The molecule has 5 N–H and O–H groups in total. The Morgan fingerprint density at radius 2 is 1.75 bits per heavy atom. The minimum atomic E-state index is -1.32. The summed E-state index contributed by atoms with van der Waals surface area (Å²) in [5.41, 5.74) is 2.01. The summed E-state index contributed by atoms with van der Waals surface area (Å²) in [5, 5.41) is 27.2. The summed E-state index contributed by atoms with van der Waals surface area (Å²) in [6, 6.07) is 9.22. The second-order valence-corrected chi connectivity index (χ2v) is 9.57. The van der Waals surface area contributed by atoms with Crippen LogP contribution in [0.15, 0.2) is 36.4 Å². The first-order chi connectivity index (χ1) is 17.1. The third-order valence-corrected chi connectivity index (χ3v) is 6.37. The van der Waals surface area contributed by atoms with Crippen molar-refractivity contribution in [2.45, 2.75) is 39.7 Å². The summed E-state index contributed by atoms with van der Waals surface area (Å²) in [6.07, 6.45) is 1.54. The molecule has 0 spiro atoms. The van der Waals surface area contributed by atoms with Crippen LogP contribution in [0.1, 0.15) is 48.3 Å². The lowest BCUT2D eigenvalue weighted by Gasteiger charge is -2.17. The fraction of sp³-hybridized carbons (Fsp3) is 0.320. The van der Waals surface area contributed by atoms with Crippen LogP contribution in [0, 0.1) is 20.8 Å². The van der Waals surface area contributed by atoms with Gasteiger partial charge in [0.05, 0.1) is 21.8 Å². The average molecular weight is 512 g/mol. The van der Waals surface area contributed by atoms with Crippen molar-refractivity contribution in [3.05, 3.63) is 68.7 Å². The number of phenolic OH excluding ortho intramolecular Hbond substituents is 1. The van der Waals surface area contributed by atoms with E-state index >= 15 is 0 Å². The molecule has 0 saturated carbocycles. The maximum absolute atomic E-state index is 12.9. The number of aromatic hydroxyl groups is 1. The maximum Gasteiger partial charge on any atom is 0.328 e. The summed E-state index contributed by atoms with van der Waals surface area (Å²) in [5.74, 6) is -1.70. The Kier molecular flexibility index (Phi) is 8.96. The zero-order chi connectivity index (χ0) is 26.2. The third-order valence-electron chi connectivity index (χ3n) is 5.37. The van der Waals surface area contributed by atoms with Crippen molar-refractivity contribution in [3.8, 4) is 5.75 Å². The summed E-state index contributed by atoms with van der Waals surface area (Å²) < 4.78 is 0. The Balaban J connectivity index is 1.57.